The summed E-state index contributed by atoms with van der Waals surface area (Å²) >= 11 is 0. The summed E-state index contributed by atoms with van der Waals surface area (Å²) in [5, 5.41) is 8.31. The van der Waals surface area contributed by atoms with Crippen molar-refractivity contribution in [2.45, 2.75) is 13.1 Å². The molecule has 0 bridgehead atoms. The molecular weight excluding hydrogens is 358 g/mol. The van der Waals surface area contributed by atoms with Gasteiger partial charge in [0.15, 0.2) is 0 Å². The molecule has 7 heteroatoms. The summed E-state index contributed by atoms with van der Waals surface area (Å²) in [6, 6.07) is 12.0. The highest BCUT2D eigenvalue weighted by Crippen LogP contribution is 2.24. The van der Waals surface area contributed by atoms with Crippen LogP contribution in [0.15, 0.2) is 47.3 Å². The van der Waals surface area contributed by atoms with Crippen LogP contribution in [0.3, 0.4) is 0 Å². The van der Waals surface area contributed by atoms with Crippen molar-refractivity contribution in [1.29, 1.82) is 0 Å². The second-order valence-electron chi connectivity index (χ2n) is 5.91. The van der Waals surface area contributed by atoms with Gasteiger partial charge in [-0.3, -0.25) is 9.59 Å². The van der Waals surface area contributed by atoms with Crippen LogP contribution in [0, 0.1) is 12.3 Å². The van der Waals surface area contributed by atoms with Crippen molar-refractivity contribution in [2.75, 3.05) is 14.2 Å². The van der Waals surface area contributed by atoms with Gasteiger partial charge in [-0.15, -0.1) is 6.42 Å². The summed E-state index contributed by atoms with van der Waals surface area (Å²) in [6.45, 7) is 0.177. The minimum atomic E-state index is -0.333. The third-order valence-corrected chi connectivity index (χ3v) is 4.25. The second kappa shape index (κ2) is 8.27. The third kappa shape index (κ3) is 3.67. The van der Waals surface area contributed by atoms with E-state index < -0.39 is 0 Å². The molecule has 3 aromatic rings. The summed E-state index contributed by atoms with van der Waals surface area (Å²) in [6.07, 6.45) is 5.33. The lowest BCUT2D eigenvalue weighted by Crippen LogP contribution is -2.28. The van der Waals surface area contributed by atoms with E-state index in [1.165, 1.54) is 18.9 Å². The van der Waals surface area contributed by atoms with Crippen LogP contribution in [-0.4, -0.2) is 29.9 Å². The Morgan fingerprint density at radius 1 is 1.18 bits per heavy atom. The zero-order valence-corrected chi connectivity index (χ0v) is 15.6. The van der Waals surface area contributed by atoms with Crippen LogP contribution < -0.4 is 20.3 Å². The molecule has 0 radical (unpaired) electrons. The molecule has 0 atom stereocenters. The van der Waals surface area contributed by atoms with Gasteiger partial charge in [-0.2, -0.15) is 5.10 Å². The molecule has 0 aliphatic heterocycles. The predicted octanol–water partition coefficient (Wildman–Crippen LogP) is 1.98. The van der Waals surface area contributed by atoms with E-state index in [2.05, 4.69) is 16.3 Å². The molecule has 2 aromatic carbocycles. The molecule has 0 aliphatic carbocycles. The highest BCUT2D eigenvalue weighted by Gasteiger charge is 2.15. The fourth-order valence-corrected chi connectivity index (χ4v) is 2.87. The zero-order chi connectivity index (χ0) is 20.1. The Morgan fingerprint density at radius 3 is 2.61 bits per heavy atom. The van der Waals surface area contributed by atoms with Gasteiger partial charge in [0.25, 0.3) is 11.5 Å². The monoisotopic (exact) mass is 377 g/mol. The van der Waals surface area contributed by atoms with Crippen LogP contribution in [0.5, 0.6) is 11.5 Å². The van der Waals surface area contributed by atoms with Crippen molar-refractivity contribution in [1.82, 2.24) is 15.1 Å². The van der Waals surface area contributed by atoms with Crippen LogP contribution in [-0.2, 0) is 13.1 Å². The molecule has 7 nitrogen and oxygen atoms in total. The summed E-state index contributed by atoms with van der Waals surface area (Å²) in [4.78, 5) is 25.1. The van der Waals surface area contributed by atoms with Crippen molar-refractivity contribution in [3.63, 3.8) is 0 Å². The minimum Gasteiger partial charge on any atom is -0.497 e. The maximum absolute atomic E-state index is 12.7. The molecule has 0 spiro atoms. The molecule has 1 heterocycles. The van der Waals surface area contributed by atoms with Crippen molar-refractivity contribution in [3.8, 4) is 23.8 Å². The summed E-state index contributed by atoms with van der Waals surface area (Å²) in [7, 11) is 3.02. The molecule has 1 aromatic heterocycles. The lowest BCUT2D eigenvalue weighted by Gasteiger charge is -2.12. The van der Waals surface area contributed by atoms with E-state index in [4.69, 9.17) is 15.9 Å². The number of hydrogen-bond donors (Lipinski definition) is 1. The van der Waals surface area contributed by atoms with E-state index in [9.17, 15) is 9.59 Å². The fourth-order valence-electron chi connectivity index (χ4n) is 2.87. The predicted molar refractivity (Wildman–Crippen MR) is 106 cm³/mol. The van der Waals surface area contributed by atoms with Crippen LogP contribution in [0.2, 0.25) is 0 Å². The Balaban J connectivity index is 1.92. The van der Waals surface area contributed by atoms with E-state index in [1.807, 2.05) is 6.07 Å². The number of ether oxygens (including phenoxy) is 2. The number of carbonyl (C=O) groups is 1. The van der Waals surface area contributed by atoms with Crippen LogP contribution in [0.25, 0.3) is 10.8 Å². The first-order valence-electron chi connectivity index (χ1n) is 8.51. The van der Waals surface area contributed by atoms with Gasteiger partial charge in [0.05, 0.1) is 37.4 Å². The van der Waals surface area contributed by atoms with Gasteiger partial charge in [0.2, 0.25) is 0 Å². The zero-order valence-electron chi connectivity index (χ0n) is 15.6. The Labute approximate surface area is 161 Å². The maximum atomic E-state index is 12.7. The minimum absolute atomic E-state index is 0.0525. The van der Waals surface area contributed by atoms with Gasteiger partial charge in [-0.05, 0) is 18.2 Å². The number of amides is 1. The molecule has 142 valence electrons. The molecule has 1 amide bonds. The largest absolute Gasteiger partial charge is 0.497 e. The molecule has 0 aliphatic rings. The number of hydrogen-bond acceptors (Lipinski definition) is 5. The SMILES string of the molecule is C#CCn1nc(CNC(=O)c2ccc(OC)cc2OC)c2ccccc2c1=O. The Morgan fingerprint density at radius 2 is 1.93 bits per heavy atom. The average Bonchev–Trinajstić information content (AvgIpc) is 2.74. The summed E-state index contributed by atoms with van der Waals surface area (Å²) < 4.78 is 11.6. The van der Waals surface area contributed by atoms with Gasteiger partial charge in [0.1, 0.15) is 18.0 Å². The van der Waals surface area contributed by atoms with Gasteiger partial charge >= 0.3 is 0 Å². The first-order valence-corrected chi connectivity index (χ1v) is 8.51. The highest BCUT2D eigenvalue weighted by molar-refractivity contribution is 5.97. The number of rotatable bonds is 6. The van der Waals surface area contributed by atoms with E-state index in [0.29, 0.717) is 33.5 Å². The number of terminal acetylenes is 1. The maximum Gasteiger partial charge on any atom is 0.275 e. The molecule has 0 unspecified atom stereocenters. The van der Waals surface area contributed by atoms with E-state index in [-0.39, 0.29) is 24.6 Å². The van der Waals surface area contributed by atoms with Crippen molar-refractivity contribution < 1.29 is 14.3 Å². The summed E-state index contributed by atoms with van der Waals surface area (Å²) in [5.41, 5.74) is 0.649. The first kappa shape index (κ1) is 19.0. The van der Waals surface area contributed by atoms with Gasteiger partial charge in [-0.25, -0.2) is 4.68 Å². The number of aromatic nitrogens is 2. The van der Waals surface area contributed by atoms with Gasteiger partial charge < -0.3 is 14.8 Å². The topological polar surface area (TPSA) is 82.5 Å². The van der Waals surface area contributed by atoms with Crippen LogP contribution in [0.4, 0.5) is 0 Å². The number of methoxy groups -OCH3 is 2. The molecule has 3 rings (SSSR count). The van der Waals surface area contributed by atoms with E-state index >= 15 is 0 Å². The average molecular weight is 377 g/mol. The van der Waals surface area contributed by atoms with Crippen molar-refractivity contribution in [2.24, 2.45) is 0 Å². The number of nitrogens with zero attached hydrogens (tertiary/aromatic N) is 2. The van der Waals surface area contributed by atoms with Crippen molar-refractivity contribution >= 4 is 16.7 Å². The molecule has 0 saturated carbocycles. The highest BCUT2D eigenvalue weighted by atomic mass is 16.5. The molecule has 28 heavy (non-hydrogen) atoms. The van der Waals surface area contributed by atoms with Gasteiger partial charge in [-0.1, -0.05) is 24.1 Å². The first-order chi connectivity index (χ1) is 13.6. The number of fused-ring (bicyclic) bond motifs is 1. The third-order valence-electron chi connectivity index (χ3n) is 4.25. The number of carbonyl (C=O) groups excluding carboxylic acids is 1. The Bertz CT molecular complexity index is 1130. The van der Waals surface area contributed by atoms with Crippen molar-refractivity contribution in [3.05, 3.63) is 64.1 Å². The van der Waals surface area contributed by atoms with Crippen LogP contribution >= 0.6 is 0 Å². The standard InChI is InChI=1S/C21H19N3O4/c1-4-11-24-21(26)16-8-6-5-7-15(16)18(23-24)13-22-20(25)17-10-9-14(27-2)12-19(17)28-3/h1,5-10,12H,11,13H2,2-3H3,(H,22,25). The second-order valence-corrected chi connectivity index (χ2v) is 5.91. The van der Waals surface area contributed by atoms with E-state index in [1.54, 1.807) is 36.4 Å². The normalized spacial score (nSPS) is 10.3. The lowest BCUT2D eigenvalue weighted by molar-refractivity contribution is 0.0947. The summed E-state index contributed by atoms with van der Waals surface area (Å²) in [5.74, 6) is 3.07. The molecule has 0 saturated heterocycles. The Hall–Kier alpha value is -3.79. The lowest BCUT2D eigenvalue weighted by atomic mass is 10.1. The smallest absolute Gasteiger partial charge is 0.275 e. The number of nitrogens with one attached hydrogen (secondary N) is 1. The number of benzene rings is 2. The molecular formula is C21H19N3O4. The molecule has 0 fully saturated rings. The van der Waals surface area contributed by atoms with E-state index in [0.717, 1.165) is 0 Å². The van der Waals surface area contributed by atoms with Crippen LogP contribution in [0.1, 0.15) is 16.1 Å². The fraction of sp³-hybridized carbons (Fsp3) is 0.190. The quantitative estimate of drug-likeness (QED) is 0.664. The molecule has 1 N–H and O–H groups in total. The Kier molecular flexibility index (Phi) is 5.61. The van der Waals surface area contributed by atoms with Gasteiger partial charge in [0, 0.05) is 11.5 Å².